The van der Waals surface area contributed by atoms with Crippen molar-refractivity contribution in [1.82, 2.24) is 21.9 Å². The molecule has 1 amide bonds. The summed E-state index contributed by atoms with van der Waals surface area (Å²) in [6, 6.07) is 0. The molecule has 0 saturated carbocycles. The number of hydrazine groups is 3. The third-order valence-corrected chi connectivity index (χ3v) is 4.01. The molecule has 0 atom stereocenters. The van der Waals surface area contributed by atoms with Crippen LogP contribution in [0.1, 0.15) is 89.9 Å². The third-order valence-electron chi connectivity index (χ3n) is 4.01. The maximum absolute atomic E-state index is 10.4. The van der Waals surface area contributed by atoms with Gasteiger partial charge in [0, 0.05) is 13.0 Å². The van der Waals surface area contributed by atoms with Gasteiger partial charge in [0.05, 0.1) is 0 Å². The number of rotatable bonds is 19. The van der Waals surface area contributed by atoms with E-state index in [-0.39, 0.29) is 0 Å². The van der Waals surface area contributed by atoms with Gasteiger partial charge in [-0.15, -0.1) is 0 Å². The summed E-state index contributed by atoms with van der Waals surface area (Å²) < 4.78 is 0. The average molecular weight is 360 g/mol. The molecule has 0 radical (unpaired) electrons. The summed E-state index contributed by atoms with van der Waals surface area (Å²) in [5.41, 5.74) is 9.70. The molecule has 0 saturated heterocycles. The quantitative estimate of drug-likeness (QED) is 0.154. The highest BCUT2D eigenvalue weighted by molar-refractivity contribution is 5.66. The number of carbonyl (C=O) groups is 2. The molecule has 8 nitrogen and oxygen atoms in total. The van der Waals surface area contributed by atoms with Crippen LogP contribution in [-0.2, 0) is 4.79 Å². The molecule has 0 bridgehead atoms. The molecule has 6 N–H and O–H groups in total. The van der Waals surface area contributed by atoms with Gasteiger partial charge in [-0.05, 0) is 12.8 Å². The number of carboxylic acid groups (broad SMARTS) is 2. The van der Waals surface area contributed by atoms with Crippen molar-refractivity contribution in [2.24, 2.45) is 0 Å². The molecule has 0 aromatic heterocycles. The van der Waals surface area contributed by atoms with E-state index in [2.05, 4.69) is 16.5 Å². The van der Waals surface area contributed by atoms with E-state index in [4.69, 9.17) is 10.2 Å². The molecule has 0 unspecified atom stereocenters. The molecule has 0 aromatic carbocycles. The Morgan fingerprint density at radius 2 is 1.04 bits per heavy atom. The van der Waals surface area contributed by atoms with Crippen LogP contribution in [0.2, 0.25) is 0 Å². The van der Waals surface area contributed by atoms with E-state index < -0.39 is 12.1 Å². The van der Waals surface area contributed by atoms with E-state index >= 15 is 0 Å². The minimum atomic E-state index is -1.13. The van der Waals surface area contributed by atoms with Crippen LogP contribution in [0.15, 0.2) is 0 Å². The molecule has 0 aromatic rings. The number of hydrogen-bond acceptors (Lipinski definition) is 5. The van der Waals surface area contributed by atoms with Crippen molar-refractivity contribution in [3.05, 3.63) is 0 Å². The Balaban J connectivity index is 3.00. The zero-order valence-corrected chi connectivity index (χ0v) is 15.3. The van der Waals surface area contributed by atoms with Gasteiger partial charge in [0.2, 0.25) is 0 Å². The lowest BCUT2D eigenvalue weighted by atomic mass is 10.0. The van der Waals surface area contributed by atoms with Gasteiger partial charge >= 0.3 is 12.1 Å². The summed E-state index contributed by atoms with van der Waals surface area (Å²) in [6.45, 7) is 0.792. The predicted octanol–water partition coefficient (Wildman–Crippen LogP) is 3.31. The van der Waals surface area contributed by atoms with E-state index in [0.29, 0.717) is 6.42 Å². The number of aliphatic carboxylic acids is 1. The van der Waals surface area contributed by atoms with Crippen molar-refractivity contribution in [3.8, 4) is 0 Å². The molecular weight excluding hydrogens is 324 g/mol. The Morgan fingerprint density at radius 3 is 1.48 bits per heavy atom. The van der Waals surface area contributed by atoms with E-state index in [9.17, 15) is 9.59 Å². The van der Waals surface area contributed by atoms with Crippen LogP contribution in [0, 0.1) is 0 Å². The van der Waals surface area contributed by atoms with Gasteiger partial charge in [0.1, 0.15) is 0 Å². The first-order chi connectivity index (χ1) is 12.1. The average Bonchev–Trinajstić information content (AvgIpc) is 2.56. The van der Waals surface area contributed by atoms with Gasteiger partial charge in [-0.25, -0.2) is 15.6 Å². The summed E-state index contributed by atoms with van der Waals surface area (Å²) in [4.78, 5) is 20.5. The van der Waals surface area contributed by atoms with Crippen molar-refractivity contribution in [2.75, 3.05) is 6.54 Å². The second kappa shape index (κ2) is 19.0. The van der Waals surface area contributed by atoms with Gasteiger partial charge in [-0.1, -0.05) is 70.6 Å². The van der Waals surface area contributed by atoms with Crippen LogP contribution >= 0.6 is 0 Å². The number of nitrogens with one attached hydrogen (secondary N) is 4. The Bertz CT molecular complexity index is 300. The van der Waals surface area contributed by atoms with Crippen molar-refractivity contribution in [2.45, 2.75) is 89.9 Å². The molecule has 0 aliphatic carbocycles. The maximum atomic E-state index is 10.4. The first-order valence-corrected chi connectivity index (χ1v) is 9.56. The van der Waals surface area contributed by atoms with Crippen LogP contribution in [0.25, 0.3) is 0 Å². The second-order valence-electron chi connectivity index (χ2n) is 6.35. The minimum Gasteiger partial charge on any atom is -0.481 e. The molecule has 0 fully saturated rings. The third kappa shape index (κ3) is 22.6. The topological polar surface area (TPSA) is 123 Å². The summed E-state index contributed by atoms with van der Waals surface area (Å²) >= 11 is 0. The Labute approximate surface area is 151 Å². The van der Waals surface area contributed by atoms with Crippen molar-refractivity contribution in [3.63, 3.8) is 0 Å². The lowest BCUT2D eigenvalue weighted by molar-refractivity contribution is -0.137. The van der Waals surface area contributed by atoms with E-state index in [1.165, 1.54) is 57.8 Å². The first kappa shape index (κ1) is 23.6. The molecule has 0 spiro atoms. The van der Waals surface area contributed by atoms with Crippen LogP contribution in [0.5, 0.6) is 0 Å². The van der Waals surface area contributed by atoms with Crippen LogP contribution in [0.3, 0.4) is 0 Å². The molecule has 25 heavy (non-hydrogen) atoms. The zero-order chi connectivity index (χ0) is 18.6. The highest BCUT2D eigenvalue weighted by Gasteiger charge is 1.97. The maximum Gasteiger partial charge on any atom is 0.420 e. The van der Waals surface area contributed by atoms with Crippen LogP contribution < -0.4 is 21.9 Å². The van der Waals surface area contributed by atoms with Crippen LogP contribution in [0.4, 0.5) is 4.79 Å². The predicted molar refractivity (Wildman–Crippen MR) is 97.7 cm³/mol. The van der Waals surface area contributed by atoms with E-state index in [1.54, 1.807) is 0 Å². The normalized spacial score (nSPS) is 10.7. The number of carboxylic acids is 1. The standard InChI is InChI=1S/C17H36N4O4/c22-16(23)14-12-10-8-6-4-2-1-3-5-7-9-11-13-15-18-20-21-19-17(24)25/h18-21H,1-15H2,(H,22,23)(H,24,25). The fraction of sp³-hybridized carbons (Fsp3) is 0.882. The van der Waals surface area contributed by atoms with Gasteiger partial charge in [0.25, 0.3) is 0 Å². The molecule has 0 rings (SSSR count). The lowest BCUT2D eigenvalue weighted by Gasteiger charge is -2.07. The fourth-order valence-corrected chi connectivity index (χ4v) is 2.63. The highest BCUT2D eigenvalue weighted by Crippen LogP contribution is 2.12. The highest BCUT2D eigenvalue weighted by atomic mass is 16.4. The summed E-state index contributed by atoms with van der Waals surface area (Å²) in [5.74, 6) is -0.682. The zero-order valence-electron chi connectivity index (χ0n) is 15.3. The largest absolute Gasteiger partial charge is 0.481 e. The molecule has 0 aliphatic heterocycles. The smallest absolute Gasteiger partial charge is 0.420 e. The van der Waals surface area contributed by atoms with Crippen molar-refractivity contribution < 1.29 is 19.8 Å². The summed E-state index contributed by atoms with van der Waals surface area (Å²) in [7, 11) is 0. The Kier molecular flexibility index (Phi) is 17.9. The minimum absolute atomic E-state index is 0.311. The molecular formula is C17H36N4O4. The van der Waals surface area contributed by atoms with Crippen molar-refractivity contribution >= 4 is 12.1 Å². The van der Waals surface area contributed by atoms with Gasteiger partial charge in [0.15, 0.2) is 0 Å². The van der Waals surface area contributed by atoms with Crippen LogP contribution in [-0.4, -0.2) is 28.8 Å². The molecule has 0 aliphatic rings. The number of hydrogen-bond donors (Lipinski definition) is 6. The first-order valence-electron chi connectivity index (χ1n) is 9.56. The number of unbranched alkanes of at least 4 members (excludes halogenated alkanes) is 12. The van der Waals surface area contributed by atoms with E-state index in [1.807, 2.05) is 5.43 Å². The Morgan fingerprint density at radius 1 is 0.600 bits per heavy atom. The molecule has 148 valence electrons. The monoisotopic (exact) mass is 360 g/mol. The van der Waals surface area contributed by atoms with Gasteiger partial charge in [-0.2, -0.15) is 11.1 Å². The van der Waals surface area contributed by atoms with E-state index in [0.717, 1.165) is 32.2 Å². The summed E-state index contributed by atoms with van der Waals surface area (Å²) in [5, 5.41) is 16.8. The molecule has 0 heterocycles. The SMILES string of the molecule is O=C(O)CCCCCCCCCCCCCCCNNNNC(=O)O. The summed E-state index contributed by atoms with van der Waals surface area (Å²) in [6.07, 6.45) is 14.7. The lowest BCUT2D eigenvalue weighted by Crippen LogP contribution is -2.52. The number of amides is 1. The van der Waals surface area contributed by atoms with Gasteiger partial charge < -0.3 is 10.2 Å². The van der Waals surface area contributed by atoms with Crippen molar-refractivity contribution in [1.29, 1.82) is 0 Å². The second-order valence-corrected chi connectivity index (χ2v) is 6.35. The fourth-order valence-electron chi connectivity index (χ4n) is 2.63. The van der Waals surface area contributed by atoms with Gasteiger partial charge in [-0.3, -0.25) is 4.79 Å². The Hall–Kier alpha value is -1.38. The molecule has 8 heteroatoms.